The van der Waals surface area contributed by atoms with Crippen LogP contribution in [0.2, 0.25) is 0 Å². The second-order valence-corrected chi connectivity index (χ2v) is 4.75. The summed E-state index contributed by atoms with van der Waals surface area (Å²) < 4.78 is 38.0. The number of hydrogen-bond donors (Lipinski definition) is 1. The van der Waals surface area contributed by atoms with Gasteiger partial charge in [0.25, 0.3) is 0 Å². The molecule has 0 aliphatic rings. The van der Waals surface area contributed by atoms with Crippen LogP contribution in [0.4, 0.5) is 13.2 Å². The summed E-state index contributed by atoms with van der Waals surface area (Å²) in [6, 6.07) is 3.63. The summed E-state index contributed by atoms with van der Waals surface area (Å²) in [5.74, 6) is -1.55. The van der Waals surface area contributed by atoms with Crippen LogP contribution in [0.5, 0.6) is 0 Å². The third-order valence-electron chi connectivity index (χ3n) is 1.60. The number of alkyl halides is 3. The largest absolute Gasteiger partial charge is 0.481 e. The van der Waals surface area contributed by atoms with E-state index in [0.29, 0.717) is 16.2 Å². The molecule has 0 bridgehead atoms. The highest BCUT2D eigenvalue weighted by atomic mass is 79.9. The highest BCUT2D eigenvalue weighted by Gasteiger charge is 2.33. The summed E-state index contributed by atoms with van der Waals surface area (Å²) in [5, 5.41) is 8.41. The quantitative estimate of drug-likeness (QED) is 0.865. The zero-order valence-corrected chi connectivity index (χ0v) is 10.1. The Kier molecular flexibility index (Phi) is 4.26. The van der Waals surface area contributed by atoms with Crippen LogP contribution in [0, 0.1) is 0 Å². The van der Waals surface area contributed by atoms with E-state index in [2.05, 4.69) is 15.9 Å². The zero-order valence-electron chi connectivity index (χ0n) is 7.71. The second kappa shape index (κ2) is 5.09. The monoisotopic (exact) mass is 314 g/mol. The van der Waals surface area contributed by atoms with Crippen LogP contribution in [0.3, 0.4) is 0 Å². The predicted octanol–water partition coefficient (Wildman–Crippen LogP) is 3.64. The van der Waals surface area contributed by atoms with Gasteiger partial charge in [-0.25, -0.2) is 0 Å². The first-order chi connectivity index (χ1) is 7.30. The molecule has 0 fully saturated rings. The van der Waals surface area contributed by atoms with Crippen molar-refractivity contribution in [1.82, 2.24) is 0 Å². The van der Waals surface area contributed by atoms with E-state index in [1.807, 2.05) is 0 Å². The third kappa shape index (κ3) is 3.71. The summed E-state index contributed by atoms with van der Waals surface area (Å²) in [7, 11) is 0. The molecule has 0 unspecified atom stereocenters. The van der Waals surface area contributed by atoms with Crippen LogP contribution >= 0.6 is 27.7 Å². The molecule has 1 aromatic rings. The first-order valence-corrected chi connectivity index (χ1v) is 5.80. The minimum atomic E-state index is -4.48. The topological polar surface area (TPSA) is 37.3 Å². The van der Waals surface area contributed by atoms with Crippen LogP contribution in [-0.4, -0.2) is 16.8 Å². The van der Waals surface area contributed by atoms with E-state index in [-0.39, 0.29) is 4.90 Å². The standard InChI is InChI=1S/C9H6BrF3O2S/c10-5-1-2-7(16-4-8(14)15)6(3-5)9(11,12)13/h1-3H,4H2,(H,14,15). The average Bonchev–Trinajstić information content (AvgIpc) is 2.14. The van der Waals surface area contributed by atoms with Crippen LogP contribution in [-0.2, 0) is 11.0 Å². The number of carboxylic acids is 1. The van der Waals surface area contributed by atoms with E-state index in [1.54, 1.807) is 0 Å². The molecule has 16 heavy (non-hydrogen) atoms. The van der Waals surface area contributed by atoms with Gasteiger partial charge in [-0.05, 0) is 18.2 Å². The molecular formula is C9H6BrF3O2S. The van der Waals surface area contributed by atoms with Crippen LogP contribution in [0.15, 0.2) is 27.6 Å². The number of benzene rings is 1. The van der Waals surface area contributed by atoms with E-state index in [1.165, 1.54) is 12.1 Å². The number of carboxylic acid groups (broad SMARTS) is 1. The Morgan fingerprint density at radius 3 is 2.56 bits per heavy atom. The average molecular weight is 315 g/mol. The number of thioether (sulfide) groups is 1. The molecule has 0 aliphatic heterocycles. The Labute approximate surface area is 102 Å². The molecule has 0 saturated heterocycles. The highest BCUT2D eigenvalue weighted by Crippen LogP contribution is 2.38. The number of hydrogen-bond acceptors (Lipinski definition) is 2. The first kappa shape index (κ1) is 13.4. The van der Waals surface area contributed by atoms with Crippen molar-refractivity contribution < 1.29 is 23.1 Å². The molecule has 0 aliphatic carbocycles. The SMILES string of the molecule is O=C(O)CSc1ccc(Br)cc1C(F)(F)F. The van der Waals surface area contributed by atoms with Crippen LogP contribution in [0.25, 0.3) is 0 Å². The summed E-state index contributed by atoms with van der Waals surface area (Å²) in [6.07, 6.45) is -4.48. The van der Waals surface area contributed by atoms with Gasteiger partial charge in [0, 0.05) is 9.37 Å². The fourth-order valence-corrected chi connectivity index (χ4v) is 2.12. The summed E-state index contributed by atoms with van der Waals surface area (Å²) >= 11 is 3.59. The van der Waals surface area contributed by atoms with Crippen molar-refractivity contribution in [2.24, 2.45) is 0 Å². The Balaban J connectivity index is 3.03. The molecule has 1 aromatic carbocycles. The van der Waals surface area contributed by atoms with E-state index < -0.39 is 23.5 Å². The molecule has 88 valence electrons. The van der Waals surface area contributed by atoms with Crippen molar-refractivity contribution in [3.8, 4) is 0 Å². The van der Waals surface area contributed by atoms with Crippen molar-refractivity contribution in [3.05, 3.63) is 28.2 Å². The van der Waals surface area contributed by atoms with Crippen molar-refractivity contribution >= 4 is 33.7 Å². The van der Waals surface area contributed by atoms with Gasteiger partial charge in [-0.2, -0.15) is 13.2 Å². The number of carbonyl (C=O) groups is 1. The maximum atomic E-state index is 12.6. The van der Waals surface area contributed by atoms with Gasteiger partial charge < -0.3 is 5.11 Å². The Bertz CT molecular complexity index is 406. The van der Waals surface area contributed by atoms with Gasteiger partial charge >= 0.3 is 12.1 Å². The highest BCUT2D eigenvalue weighted by molar-refractivity contribution is 9.10. The van der Waals surface area contributed by atoms with Crippen molar-refractivity contribution in [3.63, 3.8) is 0 Å². The van der Waals surface area contributed by atoms with Gasteiger partial charge in [-0.15, -0.1) is 11.8 Å². The molecule has 0 heterocycles. The number of rotatable bonds is 3. The molecule has 2 nitrogen and oxygen atoms in total. The lowest BCUT2D eigenvalue weighted by molar-refractivity contribution is -0.140. The fraction of sp³-hybridized carbons (Fsp3) is 0.222. The Hall–Kier alpha value is -0.690. The summed E-state index contributed by atoms with van der Waals surface area (Å²) in [5.41, 5.74) is -0.826. The Morgan fingerprint density at radius 1 is 1.44 bits per heavy atom. The molecule has 0 spiro atoms. The molecule has 0 aromatic heterocycles. The molecule has 1 rings (SSSR count). The fourth-order valence-electron chi connectivity index (χ4n) is 0.989. The predicted molar refractivity (Wildman–Crippen MR) is 57.5 cm³/mol. The van der Waals surface area contributed by atoms with E-state index in [0.717, 1.165) is 6.07 Å². The van der Waals surface area contributed by atoms with Gasteiger partial charge in [0.2, 0.25) is 0 Å². The summed E-state index contributed by atoms with van der Waals surface area (Å²) in [6.45, 7) is 0. The van der Waals surface area contributed by atoms with E-state index in [9.17, 15) is 18.0 Å². The third-order valence-corrected chi connectivity index (χ3v) is 3.15. The second-order valence-electron chi connectivity index (χ2n) is 2.82. The first-order valence-electron chi connectivity index (χ1n) is 4.02. The van der Waals surface area contributed by atoms with Crippen LogP contribution < -0.4 is 0 Å². The van der Waals surface area contributed by atoms with Crippen molar-refractivity contribution in [2.75, 3.05) is 5.75 Å². The Morgan fingerprint density at radius 2 is 2.06 bits per heavy atom. The lowest BCUT2D eigenvalue weighted by Crippen LogP contribution is -2.08. The van der Waals surface area contributed by atoms with Gasteiger partial charge in [-0.3, -0.25) is 4.79 Å². The molecule has 0 amide bonds. The molecule has 1 N–H and O–H groups in total. The maximum absolute atomic E-state index is 12.6. The number of aliphatic carboxylic acids is 1. The minimum Gasteiger partial charge on any atom is -0.481 e. The number of halogens is 4. The zero-order chi connectivity index (χ0) is 12.3. The summed E-state index contributed by atoms with van der Waals surface area (Å²) in [4.78, 5) is 10.2. The van der Waals surface area contributed by atoms with Crippen LogP contribution in [0.1, 0.15) is 5.56 Å². The van der Waals surface area contributed by atoms with Gasteiger partial charge in [0.1, 0.15) is 0 Å². The van der Waals surface area contributed by atoms with Gasteiger partial charge in [-0.1, -0.05) is 15.9 Å². The lowest BCUT2D eigenvalue weighted by atomic mass is 10.2. The lowest BCUT2D eigenvalue weighted by Gasteiger charge is -2.11. The van der Waals surface area contributed by atoms with E-state index >= 15 is 0 Å². The maximum Gasteiger partial charge on any atom is 0.417 e. The molecule has 0 radical (unpaired) electrons. The van der Waals surface area contributed by atoms with Crippen molar-refractivity contribution in [2.45, 2.75) is 11.1 Å². The molecule has 7 heteroatoms. The molecular weight excluding hydrogens is 309 g/mol. The van der Waals surface area contributed by atoms with Gasteiger partial charge in [0.05, 0.1) is 11.3 Å². The minimum absolute atomic E-state index is 0.0851. The van der Waals surface area contributed by atoms with Gasteiger partial charge in [0.15, 0.2) is 0 Å². The molecule has 0 saturated carbocycles. The van der Waals surface area contributed by atoms with E-state index in [4.69, 9.17) is 5.11 Å². The smallest absolute Gasteiger partial charge is 0.417 e. The van der Waals surface area contributed by atoms with Crippen molar-refractivity contribution in [1.29, 1.82) is 0 Å². The molecule has 0 atom stereocenters. The normalized spacial score (nSPS) is 11.5.